The van der Waals surface area contributed by atoms with Gasteiger partial charge in [0.05, 0.1) is 5.92 Å². The Morgan fingerprint density at radius 1 is 1.24 bits per heavy atom. The minimum Gasteiger partial charge on any atom is -0.480 e. The first kappa shape index (κ1) is 17.2. The Bertz CT molecular complexity index is 479. The fourth-order valence-electron chi connectivity index (χ4n) is 1.95. The summed E-state index contributed by atoms with van der Waals surface area (Å²) < 4.78 is 5.37. The molecule has 3 N–H and O–H groups in total. The van der Waals surface area contributed by atoms with E-state index in [1.54, 1.807) is 20.8 Å². The van der Waals surface area contributed by atoms with Gasteiger partial charge in [0, 0.05) is 0 Å². The van der Waals surface area contributed by atoms with E-state index < -0.39 is 29.5 Å². The Balaban J connectivity index is 2.83. The average molecular weight is 293 g/mol. The first-order chi connectivity index (χ1) is 9.69. The Morgan fingerprint density at radius 2 is 1.81 bits per heavy atom. The summed E-state index contributed by atoms with van der Waals surface area (Å²) in [4.78, 5) is 23.2. The standard InChI is InChI=1S/C16H23NO4/c1-16(2,3)21-15(20)12(10-13(17)14(18)19)9-11-7-5-4-6-8-11/h4-8,12-13H,9-10,17H2,1-3H3,(H,18,19)/t12?,13-/m0/s1. The van der Waals surface area contributed by atoms with Crippen molar-refractivity contribution in [1.82, 2.24) is 0 Å². The van der Waals surface area contributed by atoms with E-state index in [0.717, 1.165) is 5.56 Å². The van der Waals surface area contributed by atoms with Crippen LogP contribution in [0, 0.1) is 5.92 Å². The van der Waals surface area contributed by atoms with Crippen LogP contribution in [0.25, 0.3) is 0 Å². The van der Waals surface area contributed by atoms with Gasteiger partial charge >= 0.3 is 11.9 Å². The molecule has 0 aliphatic carbocycles. The molecule has 0 aliphatic heterocycles. The molecule has 5 nitrogen and oxygen atoms in total. The molecule has 1 aromatic carbocycles. The van der Waals surface area contributed by atoms with Gasteiger partial charge in [0.25, 0.3) is 0 Å². The van der Waals surface area contributed by atoms with Crippen molar-refractivity contribution in [3.63, 3.8) is 0 Å². The van der Waals surface area contributed by atoms with Gasteiger partial charge in [-0.15, -0.1) is 0 Å². The third kappa shape index (κ3) is 6.40. The number of hydrogen-bond donors (Lipinski definition) is 2. The third-order valence-corrected chi connectivity index (χ3v) is 2.92. The van der Waals surface area contributed by atoms with E-state index in [9.17, 15) is 9.59 Å². The normalized spacial score (nSPS) is 14.3. The number of rotatable bonds is 6. The molecule has 1 aromatic rings. The third-order valence-electron chi connectivity index (χ3n) is 2.92. The molecule has 1 rings (SSSR count). The maximum absolute atomic E-state index is 12.3. The quantitative estimate of drug-likeness (QED) is 0.783. The SMILES string of the molecule is CC(C)(C)OC(=O)C(Cc1ccccc1)C[C@H](N)C(=O)O. The predicted octanol–water partition coefficient (Wildman–Crippen LogP) is 1.99. The van der Waals surface area contributed by atoms with Crippen LogP contribution in [0.15, 0.2) is 30.3 Å². The molecule has 116 valence electrons. The Hall–Kier alpha value is -1.88. The van der Waals surface area contributed by atoms with E-state index >= 15 is 0 Å². The van der Waals surface area contributed by atoms with Gasteiger partial charge in [-0.2, -0.15) is 0 Å². The van der Waals surface area contributed by atoms with Crippen LogP contribution in [-0.4, -0.2) is 28.7 Å². The molecule has 0 heterocycles. The van der Waals surface area contributed by atoms with Gasteiger partial charge in [0.2, 0.25) is 0 Å². The smallest absolute Gasteiger partial charge is 0.320 e. The maximum atomic E-state index is 12.3. The monoisotopic (exact) mass is 293 g/mol. The molecule has 0 aliphatic rings. The molecule has 0 fully saturated rings. The van der Waals surface area contributed by atoms with Crippen molar-refractivity contribution in [3.8, 4) is 0 Å². The van der Waals surface area contributed by atoms with Crippen LogP contribution in [0.2, 0.25) is 0 Å². The van der Waals surface area contributed by atoms with E-state index in [4.69, 9.17) is 15.6 Å². The summed E-state index contributed by atoms with van der Waals surface area (Å²) in [6, 6.07) is 8.34. The summed E-state index contributed by atoms with van der Waals surface area (Å²) in [5, 5.41) is 8.93. The van der Waals surface area contributed by atoms with E-state index in [0.29, 0.717) is 6.42 Å². The topological polar surface area (TPSA) is 89.6 Å². The van der Waals surface area contributed by atoms with E-state index in [1.165, 1.54) is 0 Å². The number of benzene rings is 1. The lowest BCUT2D eigenvalue weighted by Gasteiger charge is -2.25. The van der Waals surface area contributed by atoms with Crippen LogP contribution in [0.3, 0.4) is 0 Å². The highest BCUT2D eigenvalue weighted by atomic mass is 16.6. The molecule has 1 unspecified atom stereocenters. The van der Waals surface area contributed by atoms with Crippen LogP contribution in [0.4, 0.5) is 0 Å². The molecule has 0 bridgehead atoms. The second-order valence-electron chi connectivity index (χ2n) is 6.10. The summed E-state index contributed by atoms with van der Waals surface area (Å²) in [5.74, 6) is -2.10. The molecule has 0 radical (unpaired) electrons. The lowest BCUT2D eigenvalue weighted by Crippen LogP contribution is -2.37. The number of aliphatic carboxylic acids is 1. The van der Waals surface area contributed by atoms with Crippen molar-refractivity contribution < 1.29 is 19.4 Å². The lowest BCUT2D eigenvalue weighted by molar-refractivity contribution is -0.160. The van der Waals surface area contributed by atoms with Crippen molar-refractivity contribution in [2.45, 2.75) is 45.3 Å². The number of ether oxygens (including phenoxy) is 1. The molecule has 5 heteroatoms. The molecule has 2 atom stereocenters. The zero-order valence-corrected chi connectivity index (χ0v) is 12.7. The van der Waals surface area contributed by atoms with Crippen molar-refractivity contribution in [3.05, 3.63) is 35.9 Å². The van der Waals surface area contributed by atoms with Gasteiger partial charge in [0.15, 0.2) is 0 Å². The largest absolute Gasteiger partial charge is 0.480 e. The summed E-state index contributed by atoms with van der Waals surface area (Å²) in [6.07, 6.45) is 0.468. The Morgan fingerprint density at radius 3 is 2.29 bits per heavy atom. The average Bonchev–Trinajstić information content (AvgIpc) is 2.36. The minimum absolute atomic E-state index is 0.0547. The number of carboxylic acid groups (broad SMARTS) is 1. The first-order valence-corrected chi connectivity index (χ1v) is 6.94. The molecule has 0 saturated heterocycles. The van der Waals surface area contributed by atoms with Gasteiger partial charge in [-0.25, -0.2) is 0 Å². The summed E-state index contributed by atoms with van der Waals surface area (Å²) >= 11 is 0. The summed E-state index contributed by atoms with van der Waals surface area (Å²) in [6.45, 7) is 5.34. The number of nitrogens with two attached hydrogens (primary N) is 1. The van der Waals surface area contributed by atoms with Gasteiger partial charge in [-0.1, -0.05) is 30.3 Å². The van der Waals surface area contributed by atoms with Crippen LogP contribution >= 0.6 is 0 Å². The highest BCUT2D eigenvalue weighted by Gasteiger charge is 2.29. The molecule has 0 saturated carbocycles. The summed E-state index contributed by atoms with van der Waals surface area (Å²) in [7, 11) is 0. The zero-order valence-electron chi connectivity index (χ0n) is 12.7. The first-order valence-electron chi connectivity index (χ1n) is 6.94. The molecule has 21 heavy (non-hydrogen) atoms. The van der Waals surface area contributed by atoms with E-state index in [-0.39, 0.29) is 6.42 Å². The maximum Gasteiger partial charge on any atom is 0.320 e. The van der Waals surface area contributed by atoms with Gasteiger partial charge in [-0.3, -0.25) is 9.59 Å². The van der Waals surface area contributed by atoms with E-state index in [2.05, 4.69) is 0 Å². The predicted molar refractivity (Wildman–Crippen MR) is 79.7 cm³/mol. The minimum atomic E-state index is -1.11. The molecular formula is C16H23NO4. The highest BCUT2D eigenvalue weighted by molar-refractivity contribution is 5.77. The van der Waals surface area contributed by atoms with Crippen LogP contribution in [-0.2, 0) is 20.7 Å². The highest BCUT2D eigenvalue weighted by Crippen LogP contribution is 2.19. The lowest BCUT2D eigenvalue weighted by atomic mass is 9.92. The Labute approximate surface area is 125 Å². The van der Waals surface area contributed by atoms with E-state index in [1.807, 2.05) is 30.3 Å². The molecular weight excluding hydrogens is 270 g/mol. The number of esters is 1. The second kappa shape index (κ2) is 7.22. The van der Waals surface area contributed by atoms with Crippen molar-refractivity contribution in [2.75, 3.05) is 0 Å². The van der Waals surface area contributed by atoms with Crippen LogP contribution in [0.1, 0.15) is 32.8 Å². The van der Waals surface area contributed by atoms with Gasteiger partial charge in [-0.05, 0) is 39.2 Å². The fourth-order valence-corrected chi connectivity index (χ4v) is 1.95. The van der Waals surface area contributed by atoms with Gasteiger partial charge < -0.3 is 15.6 Å². The molecule has 0 aromatic heterocycles. The number of carbonyl (C=O) groups is 2. The second-order valence-corrected chi connectivity index (χ2v) is 6.10. The Kier molecular flexibility index (Phi) is 5.90. The van der Waals surface area contributed by atoms with Crippen molar-refractivity contribution in [1.29, 1.82) is 0 Å². The van der Waals surface area contributed by atoms with Gasteiger partial charge in [0.1, 0.15) is 11.6 Å². The molecule has 0 amide bonds. The van der Waals surface area contributed by atoms with Crippen molar-refractivity contribution >= 4 is 11.9 Å². The number of carbonyl (C=O) groups excluding carboxylic acids is 1. The molecule has 0 spiro atoms. The summed E-state index contributed by atoms with van der Waals surface area (Å²) in [5.41, 5.74) is 5.90. The number of carboxylic acids is 1. The van der Waals surface area contributed by atoms with Crippen molar-refractivity contribution in [2.24, 2.45) is 11.7 Å². The number of hydrogen-bond acceptors (Lipinski definition) is 4. The van der Waals surface area contributed by atoms with Crippen LogP contribution in [0.5, 0.6) is 0 Å². The van der Waals surface area contributed by atoms with Crippen LogP contribution < -0.4 is 5.73 Å². The fraction of sp³-hybridized carbons (Fsp3) is 0.500. The zero-order chi connectivity index (χ0) is 16.0.